The molecule has 7 heteroatoms. The minimum atomic E-state index is -0.289. The summed E-state index contributed by atoms with van der Waals surface area (Å²) in [6.45, 7) is 0. The molecule has 21 heavy (non-hydrogen) atoms. The largest absolute Gasteiger partial charge is 0.745 e. The average molecular weight is 501 g/mol. The van der Waals surface area contributed by atoms with E-state index in [1.54, 1.807) is 12.1 Å². The second-order valence-corrected chi connectivity index (χ2v) is 6.06. The molecule has 0 radical (unpaired) electrons. The smallest absolute Gasteiger partial charge is 0.0409 e. The Labute approximate surface area is 149 Å². The summed E-state index contributed by atoms with van der Waals surface area (Å²) in [7, 11) is 0. The Bertz CT molecular complexity index is 601. The monoisotopic (exact) mass is 500 g/mol. The minimum absolute atomic E-state index is 0. The predicted molar refractivity (Wildman–Crippen MR) is 83.9 cm³/mol. The summed E-state index contributed by atoms with van der Waals surface area (Å²) in [5.74, 6) is 1.29. The van der Waals surface area contributed by atoms with Gasteiger partial charge in [-0.1, -0.05) is 41.6 Å². The summed E-state index contributed by atoms with van der Waals surface area (Å²) in [4.78, 5) is 0. The zero-order valence-corrected chi connectivity index (χ0v) is 14.9. The van der Waals surface area contributed by atoms with Crippen molar-refractivity contribution in [3.63, 3.8) is 0 Å². The summed E-state index contributed by atoms with van der Waals surface area (Å²) >= 11 is 10.8. The average Bonchev–Trinajstić information content (AvgIpc) is 3.00. The number of halogens is 1. The minimum Gasteiger partial charge on any atom is -0.745 e. The number of anilines is 1. The van der Waals surface area contributed by atoms with Crippen molar-refractivity contribution in [1.29, 1.82) is 0 Å². The molecule has 0 bridgehead atoms. The van der Waals surface area contributed by atoms with Crippen LogP contribution in [0, 0.1) is 17.9 Å². The fourth-order valence-corrected chi connectivity index (χ4v) is 2.86. The van der Waals surface area contributed by atoms with E-state index in [4.69, 9.17) is 35.7 Å². The molecular weight excluding hydrogens is 487 g/mol. The number of fused-ring (bicyclic) bond motifs is 1. The van der Waals surface area contributed by atoms with Gasteiger partial charge in [0, 0.05) is 31.8 Å². The number of nitrogens with two attached hydrogens (primary N) is 2. The van der Waals surface area contributed by atoms with Crippen molar-refractivity contribution in [3.8, 4) is 0 Å². The molecule has 116 valence electrons. The molecule has 3 rings (SSSR count). The number of benzene rings is 1. The van der Waals surface area contributed by atoms with Crippen LogP contribution in [0.5, 0.6) is 0 Å². The van der Waals surface area contributed by atoms with Crippen LogP contribution in [0.1, 0.15) is 24.4 Å². The molecule has 1 saturated carbocycles. The topological polar surface area (TPSA) is 78.5 Å². The van der Waals surface area contributed by atoms with E-state index in [2.05, 4.69) is 16.6 Å². The Hall–Kier alpha value is -0.772. The molecule has 1 aromatic rings. The van der Waals surface area contributed by atoms with Gasteiger partial charge in [-0.15, -0.1) is 0 Å². The standard InChI is InChI=1S/C14H15ClN4S.Pt/c15-10-1-2-12(16)11(6-10)13(18-19-14(17)20)9-4-7-3-8(7)5-9;/h1-2,6-8,13H,3-4,16H2,(H3,17,19,20);/q-2;/p-1/t7-,8?,13-;/m0./s1. The van der Waals surface area contributed by atoms with Gasteiger partial charge in [-0.25, -0.2) is 0 Å². The van der Waals surface area contributed by atoms with Crippen molar-refractivity contribution >= 4 is 35.1 Å². The van der Waals surface area contributed by atoms with Crippen LogP contribution in [0.2, 0.25) is 5.02 Å². The van der Waals surface area contributed by atoms with Crippen molar-refractivity contribution in [2.75, 3.05) is 5.73 Å². The molecule has 4 nitrogen and oxygen atoms in total. The first-order valence-electron chi connectivity index (χ1n) is 6.42. The molecule has 2 aliphatic carbocycles. The third kappa shape index (κ3) is 3.71. The van der Waals surface area contributed by atoms with Crippen molar-refractivity contribution in [2.24, 2.45) is 22.7 Å². The Morgan fingerprint density at radius 1 is 1.52 bits per heavy atom. The second-order valence-electron chi connectivity index (χ2n) is 5.21. The van der Waals surface area contributed by atoms with Gasteiger partial charge in [0.25, 0.3) is 0 Å². The molecule has 0 aliphatic heterocycles. The quantitative estimate of drug-likeness (QED) is 0.167. The Balaban J connectivity index is 0.00000161. The summed E-state index contributed by atoms with van der Waals surface area (Å²) in [6.07, 6.45) is 5.69. The summed E-state index contributed by atoms with van der Waals surface area (Å²) in [5.41, 5.74) is 18.3. The van der Waals surface area contributed by atoms with Crippen molar-refractivity contribution < 1.29 is 21.1 Å². The van der Waals surface area contributed by atoms with E-state index in [0.717, 1.165) is 17.6 Å². The zero-order chi connectivity index (χ0) is 14.3. The molecule has 3 atom stereocenters. The first kappa shape index (κ1) is 16.6. The Morgan fingerprint density at radius 2 is 2.29 bits per heavy atom. The number of nitrogen functional groups attached to an aromatic ring is 1. The van der Waals surface area contributed by atoms with E-state index < -0.39 is 0 Å². The molecule has 0 aromatic heterocycles. The normalized spacial score (nSPS) is 24.6. The number of hydrogen-bond donors (Lipinski definition) is 2. The van der Waals surface area contributed by atoms with E-state index in [9.17, 15) is 0 Å². The molecule has 4 N–H and O–H groups in total. The summed E-state index contributed by atoms with van der Waals surface area (Å²) < 4.78 is 0. The summed E-state index contributed by atoms with van der Waals surface area (Å²) in [6, 6.07) is 5.06. The molecule has 1 aromatic carbocycles. The number of allylic oxidation sites excluding steroid dienone is 1. The molecule has 1 unspecified atom stereocenters. The first-order valence-corrected chi connectivity index (χ1v) is 7.20. The second kappa shape index (κ2) is 6.55. The van der Waals surface area contributed by atoms with Crippen LogP contribution in [-0.4, -0.2) is 5.17 Å². The molecular formula is C14H14ClN4PtS-3. The van der Waals surface area contributed by atoms with Crippen LogP contribution in [0.4, 0.5) is 5.69 Å². The van der Waals surface area contributed by atoms with Crippen LogP contribution in [0.15, 0.2) is 28.9 Å². The van der Waals surface area contributed by atoms with Gasteiger partial charge < -0.3 is 40.7 Å². The zero-order valence-electron chi connectivity index (χ0n) is 11.0. The van der Waals surface area contributed by atoms with Crippen LogP contribution >= 0.6 is 11.6 Å². The molecule has 1 fully saturated rings. The third-order valence-electron chi connectivity index (χ3n) is 3.72. The SMILES string of the molecule is N/C([S-])=N/[N-][C@@H](C1=[C-]C2C[C@H]2C1)c1cc(Cl)ccc1N.[Pt]. The van der Waals surface area contributed by atoms with Crippen molar-refractivity contribution in [3.05, 3.63) is 45.9 Å². The fourth-order valence-electron chi connectivity index (χ4n) is 2.64. The van der Waals surface area contributed by atoms with Crippen LogP contribution in [0.25, 0.3) is 5.43 Å². The molecule has 0 saturated heterocycles. The van der Waals surface area contributed by atoms with Gasteiger partial charge in [0.2, 0.25) is 0 Å². The van der Waals surface area contributed by atoms with Gasteiger partial charge in [0.15, 0.2) is 0 Å². The van der Waals surface area contributed by atoms with E-state index in [0.29, 0.717) is 22.5 Å². The molecule has 0 spiro atoms. The van der Waals surface area contributed by atoms with Crippen molar-refractivity contribution in [2.45, 2.75) is 18.9 Å². The van der Waals surface area contributed by atoms with Crippen LogP contribution in [-0.2, 0) is 33.7 Å². The van der Waals surface area contributed by atoms with E-state index in [-0.39, 0.29) is 32.3 Å². The third-order valence-corrected chi connectivity index (χ3v) is 4.04. The number of amidine groups is 1. The van der Waals surface area contributed by atoms with E-state index >= 15 is 0 Å². The van der Waals surface area contributed by atoms with E-state index in [1.165, 1.54) is 6.42 Å². The molecule has 0 amide bonds. The summed E-state index contributed by atoms with van der Waals surface area (Å²) in [5, 5.41) is 4.46. The first-order chi connectivity index (χ1) is 9.54. The fraction of sp³-hybridized carbons (Fsp3) is 0.357. The Morgan fingerprint density at radius 3 is 2.90 bits per heavy atom. The predicted octanol–water partition coefficient (Wildman–Crippen LogP) is 2.88. The van der Waals surface area contributed by atoms with Gasteiger partial charge in [0.05, 0.1) is 0 Å². The van der Waals surface area contributed by atoms with E-state index in [1.807, 2.05) is 6.07 Å². The number of rotatable bonds is 4. The van der Waals surface area contributed by atoms with Crippen molar-refractivity contribution in [1.82, 2.24) is 0 Å². The van der Waals surface area contributed by atoms with Gasteiger partial charge >= 0.3 is 0 Å². The van der Waals surface area contributed by atoms with Crippen LogP contribution < -0.4 is 11.5 Å². The maximum absolute atomic E-state index is 6.06. The molecule has 0 heterocycles. The van der Waals surface area contributed by atoms with Gasteiger partial charge in [-0.2, -0.15) is 5.92 Å². The Kier molecular flexibility index (Phi) is 5.18. The maximum atomic E-state index is 6.06. The number of hydrogen-bond acceptors (Lipinski definition) is 3. The van der Waals surface area contributed by atoms with Gasteiger partial charge in [-0.05, 0) is 23.8 Å². The van der Waals surface area contributed by atoms with Crippen LogP contribution in [0.3, 0.4) is 0 Å². The number of nitrogens with zero attached hydrogens (tertiary/aromatic N) is 2. The maximum Gasteiger partial charge on any atom is 0.0409 e. The molecule has 2 aliphatic rings. The van der Waals surface area contributed by atoms with Gasteiger partial charge in [0.1, 0.15) is 0 Å². The van der Waals surface area contributed by atoms with Gasteiger partial charge in [-0.3, -0.25) is 5.57 Å².